The van der Waals surface area contributed by atoms with Crippen LogP contribution in [0.5, 0.6) is 0 Å². The number of fused-ring (bicyclic) bond motifs is 1. The van der Waals surface area contributed by atoms with Crippen molar-refractivity contribution in [2.45, 2.75) is 33.4 Å². The molecule has 1 aliphatic rings. The molecule has 5 rings (SSSR count). The molecular formula is C25H25FN8O. The van der Waals surface area contributed by atoms with Crippen LogP contribution in [0.3, 0.4) is 0 Å². The van der Waals surface area contributed by atoms with Crippen molar-refractivity contribution >= 4 is 11.7 Å². The normalized spacial score (nSPS) is 12.9. The Balaban J connectivity index is 1.48. The number of hydrogen-bond acceptors (Lipinski definition) is 7. The van der Waals surface area contributed by atoms with Crippen LogP contribution < -0.4 is 5.32 Å². The van der Waals surface area contributed by atoms with Gasteiger partial charge in [-0.15, -0.1) is 10.2 Å². The van der Waals surface area contributed by atoms with Crippen molar-refractivity contribution in [1.29, 1.82) is 0 Å². The lowest BCUT2D eigenvalue weighted by atomic mass is 9.96. The second kappa shape index (κ2) is 9.57. The molecule has 1 amide bonds. The van der Waals surface area contributed by atoms with E-state index in [2.05, 4.69) is 30.5 Å². The van der Waals surface area contributed by atoms with Crippen LogP contribution in [0.1, 0.15) is 35.7 Å². The van der Waals surface area contributed by atoms with E-state index in [4.69, 9.17) is 0 Å². The number of rotatable bonds is 6. The monoisotopic (exact) mass is 472 g/mol. The lowest BCUT2D eigenvalue weighted by Gasteiger charge is -2.27. The summed E-state index contributed by atoms with van der Waals surface area (Å²) in [4.78, 5) is 28.0. The van der Waals surface area contributed by atoms with Crippen LogP contribution in [-0.2, 0) is 19.5 Å². The molecule has 0 bridgehead atoms. The summed E-state index contributed by atoms with van der Waals surface area (Å²) in [5.74, 6) is 0.497. The molecule has 35 heavy (non-hydrogen) atoms. The van der Waals surface area contributed by atoms with Crippen LogP contribution in [-0.4, -0.2) is 53.6 Å². The van der Waals surface area contributed by atoms with E-state index in [0.717, 1.165) is 29.2 Å². The largest absolute Gasteiger partial charge is 0.370 e. The van der Waals surface area contributed by atoms with Gasteiger partial charge in [0.2, 0.25) is 0 Å². The van der Waals surface area contributed by atoms with Gasteiger partial charge in [0.05, 0.1) is 23.5 Å². The Hall–Kier alpha value is -4.21. The fourth-order valence-corrected chi connectivity index (χ4v) is 4.29. The van der Waals surface area contributed by atoms with E-state index < -0.39 is 5.82 Å². The molecule has 0 atom stereocenters. The van der Waals surface area contributed by atoms with Gasteiger partial charge in [-0.25, -0.2) is 19.3 Å². The zero-order chi connectivity index (χ0) is 24.4. The number of aromatic nitrogens is 6. The summed E-state index contributed by atoms with van der Waals surface area (Å²) in [6.07, 6.45) is 5.57. The number of pyridine rings is 1. The minimum Gasteiger partial charge on any atom is -0.370 e. The predicted molar refractivity (Wildman–Crippen MR) is 129 cm³/mol. The maximum atomic E-state index is 15.3. The predicted octanol–water partition coefficient (Wildman–Crippen LogP) is 3.59. The number of benzene rings is 1. The van der Waals surface area contributed by atoms with Gasteiger partial charge in [0, 0.05) is 42.5 Å². The first-order valence-corrected chi connectivity index (χ1v) is 11.6. The van der Waals surface area contributed by atoms with Gasteiger partial charge in [0.25, 0.3) is 5.91 Å². The van der Waals surface area contributed by atoms with Crippen molar-refractivity contribution in [2.75, 3.05) is 18.4 Å². The average molecular weight is 473 g/mol. The maximum Gasteiger partial charge on any atom is 0.257 e. The molecule has 178 valence electrons. The smallest absolute Gasteiger partial charge is 0.257 e. The van der Waals surface area contributed by atoms with Crippen molar-refractivity contribution in [3.05, 3.63) is 72.1 Å². The molecule has 0 unspecified atom stereocenters. The Morgan fingerprint density at radius 2 is 1.94 bits per heavy atom. The highest BCUT2D eigenvalue weighted by atomic mass is 19.1. The molecule has 9 nitrogen and oxygen atoms in total. The summed E-state index contributed by atoms with van der Waals surface area (Å²) in [5, 5.41) is 11.1. The number of aryl methyl sites for hydroxylation is 1. The summed E-state index contributed by atoms with van der Waals surface area (Å²) < 4.78 is 17.2. The topological polar surface area (TPSA) is 102 Å². The van der Waals surface area contributed by atoms with Gasteiger partial charge in [-0.1, -0.05) is 13.0 Å². The second-order valence-electron chi connectivity index (χ2n) is 8.22. The maximum absolute atomic E-state index is 15.3. The van der Waals surface area contributed by atoms with Crippen molar-refractivity contribution in [1.82, 2.24) is 34.6 Å². The molecule has 10 heteroatoms. The zero-order valence-corrected chi connectivity index (χ0v) is 19.6. The van der Waals surface area contributed by atoms with Crippen molar-refractivity contribution in [3.8, 4) is 22.4 Å². The van der Waals surface area contributed by atoms with E-state index in [-0.39, 0.29) is 11.5 Å². The van der Waals surface area contributed by atoms with Crippen molar-refractivity contribution < 1.29 is 9.18 Å². The van der Waals surface area contributed by atoms with Gasteiger partial charge < -0.3 is 14.8 Å². The van der Waals surface area contributed by atoms with E-state index in [1.165, 1.54) is 18.5 Å². The van der Waals surface area contributed by atoms with Crippen LogP contribution in [0.2, 0.25) is 0 Å². The molecule has 0 radical (unpaired) electrons. The minimum atomic E-state index is -0.595. The molecule has 1 N–H and O–H groups in total. The first-order chi connectivity index (χ1) is 17.1. The quantitative estimate of drug-likeness (QED) is 0.458. The van der Waals surface area contributed by atoms with Crippen LogP contribution in [0, 0.1) is 5.82 Å². The molecule has 4 aromatic rings. The third-order valence-electron chi connectivity index (χ3n) is 6.07. The fraction of sp³-hybridized carbons (Fsp3) is 0.280. The first kappa shape index (κ1) is 22.6. The Morgan fingerprint density at radius 1 is 1.09 bits per heavy atom. The number of nitrogens with one attached hydrogen (secondary N) is 1. The number of hydrogen-bond donors (Lipinski definition) is 1. The third-order valence-corrected chi connectivity index (χ3v) is 6.07. The van der Waals surface area contributed by atoms with E-state index in [1.807, 2.05) is 30.5 Å². The van der Waals surface area contributed by atoms with E-state index in [0.29, 0.717) is 43.1 Å². The molecule has 0 aliphatic carbocycles. The molecule has 0 saturated heterocycles. The zero-order valence-electron chi connectivity index (χ0n) is 19.6. The number of amides is 1. The number of carbonyl (C=O) groups excluding carboxylic acids is 1. The van der Waals surface area contributed by atoms with Crippen LogP contribution in [0.4, 0.5) is 10.2 Å². The highest BCUT2D eigenvalue weighted by Crippen LogP contribution is 2.33. The first-order valence-electron chi connectivity index (χ1n) is 11.6. The molecule has 1 aliphatic heterocycles. The van der Waals surface area contributed by atoms with Gasteiger partial charge in [-0.05, 0) is 37.6 Å². The van der Waals surface area contributed by atoms with Gasteiger partial charge >= 0.3 is 0 Å². The number of carbonyl (C=O) groups is 1. The lowest BCUT2D eigenvalue weighted by Crippen LogP contribution is -2.38. The Morgan fingerprint density at radius 3 is 2.69 bits per heavy atom. The second-order valence-corrected chi connectivity index (χ2v) is 8.22. The molecule has 0 saturated carbocycles. The highest BCUT2D eigenvalue weighted by molar-refractivity contribution is 5.95. The van der Waals surface area contributed by atoms with Gasteiger partial charge in [0.1, 0.15) is 24.3 Å². The van der Waals surface area contributed by atoms with Crippen LogP contribution >= 0.6 is 0 Å². The standard InChI is InChI=1S/C25H25FN8O/c1-3-20-23(17-6-8-21(27-4-2)28-12-17)24(30-14-29-20)16-5-7-18(19(26)11-16)25(35)33-9-10-34-15-31-32-22(34)13-33/h5-8,11-12,14-15H,3-4,9-10,13H2,1-2H3,(H,27,28). The van der Waals surface area contributed by atoms with Gasteiger partial charge in [0.15, 0.2) is 5.82 Å². The Kier molecular flexibility index (Phi) is 6.17. The van der Waals surface area contributed by atoms with Crippen LogP contribution in [0.15, 0.2) is 49.2 Å². The summed E-state index contributed by atoms with van der Waals surface area (Å²) >= 11 is 0. The van der Waals surface area contributed by atoms with E-state index in [9.17, 15) is 4.79 Å². The molecule has 4 heterocycles. The summed E-state index contributed by atoms with van der Waals surface area (Å²) in [6.45, 7) is 6.14. The summed E-state index contributed by atoms with van der Waals surface area (Å²) in [5.41, 5.74) is 3.67. The number of anilines is 1. The molecular weight excluding hydrogens is 447 g/mol. The van der Waals surface area contributed by atoms with E-state index in [1.54, 1.807) is 23.5 Å². The third kappa shape index (κ3) is 4.34. The minimum absolute atomic E-state index is 0.0182. The lowest BCUT2D eigenvalue weighted by molar-refractivity contribution is 0.0702. The SMILES string of the molecule is CCNc1ccc(-c2c(CC)ncnc2-c2ccc(C(=O)N3CCn4cnnc4C3)c(F)c2)cn1. The van der Waals surface area contributed by atoms with Gasteiger partial charge in [-0.3, -0.25) is 4.79 Å². The highest BCUT2D eigenvalue weighted by Gasteiger charge is 2.25. The average Bonchev–Trinajstić information content (AvgIpc) is 3.36. The molecule has 3 aromatic heterocycles. The van der Waals surface area contributed by atoms with Gasteiger partial charge in [-0.2, -0.15) is 0 Å². The molecule has 0 spiro atoms. The molecule has 0 fully saturated rings. The Labute approximate surface area is 202 Å². The van der Waals surface area contributed by atoms with E-state index >= 15 is 4.39 Å². The number of nitrogens with zero attached hydrogens (tertiary/aromatic N) is 7. The fourth-order valence-electron chi connectivity index (χ4n) is 4.29. The summed E-state index contributed by atoms with van der Waals surface area (Å²) in [7, 11) is 0. The van der Waals surface area contributed by atoms with Crippen LogP contribution in [0.25, 0.3) is 22.4 Å². The van der Waals surface area contributed by atoms with Crippen molar-refractivity contribution in [3.63, 3.8) is 0 Å². The Bertz CT molecular complexity index is 1370. The van der Waals surface area contributed by atoms with Crippen molar-refractivity contribution in [2.24, 2.45) is 0 Å². The number of halogens is 1. The summed E-state index contributed by atoms with van der Waals surface area (Å²) in [6, 6.07) is 8.47. The molecule has 1 aromatic carbocycles.